The number of carbonyl (C=O) groups is 1. The maximum absolute atomic E-state index is 15.5. The summed E-state index contributed by atoms with van der Waals surface area (Å²) in [6, 6.07) is 1.30. The summed E-state index contributed by atoms with van der Waals surface area (Å²) in [5, 5.41) is 12.9. The number of fused-ring (bicyclic) bond motifs is 1. The maximum atomic E-state index is 15.5. The van der Waals surface area contributed by atoms with Crippen LogP contribution in [-0.4, -0.2) is 48.4 Å². The Hall–Kier alpha value is -2.61. The lowest BCUT2D eigenvalue weighted by Gasteiger charge is -2.36. The number of carboxylic acid groups (broad SMARTS) is 1. The third kappa shape index (κ3) is 4.13. The highest BCUT2D eigenvalue weighted by Crippen LogP contribution is 2.44. The summed E-state index contributed by atoms with van der Waals surface area (Å²) in [7, 11) is 0. The van der Waals surface area contributed by atoms with Gasteiger partial charge in [-0.1, -0.05) is 6.92 Å². The Morgan fingerprint density at radius 1 is 1.32 bits per heavy atom. The summed E-state index contributed by atoms with van der Waals surface area (Å²) in [5.41, 5.74) is -0.121. The van der Waals surface area contributed by atoms with Crippen LogP contribution in [0.4, 0.5) is 10.1 Å². The molecule has 8 heteroatoms. The second-order valence-electron chi connectivity index (χ2n) is 8.44. The molecule has 2 N–H and O–H groups in total. The highest BCUT2D eigenvalue weighted by Gasteiger charge is 2.32. The van der Waals surface area contributed by atoms with Crippen molar-refractivity contribution in [1.29, 1.82) is 0 Å². The first kappa shape index (κ1) is 21.6. The summed E-state index contributed by atoms with van der Waals surface area (Å²) >= 11 is 0. The van der Waals surface area contributed by atoms with E-state index in [0.717, 1.165) is 38.8 Å². The molecule has 168 valence electrons. The topological polar surface area (TPSA) is 83.8 Å². The van der Waals surface area contributed by atoms with Gasteiger partial charge >= 0.3 is 5.97 Å². The van der Waals surface area contributed by atoms with Crippen molar-refractivity contribution in [3.63, 3.8) is 0 Å². The molecular formula is C23H30FN3O4. The van der Waals surface area contributed by atoms with Crippen molar-refractivity contribution in [3.8, 4) is 5.75 Å². The van der Waals surface area contributed by atoms with Gasteiger partial charge in [0.25, 0.3) is 0 Å². The van der Waals surface area contributed by atoms with Crippen molar-refractivity contribution in [1.82, 2.24) is 9.88 Å². The van der Waals surface area contributed by atoms with E-state index in [1.54, 1.807) is 0 Å². The summed E-state index contributed by atoms with van der Waals surface area (Å²) in [4.78, 5) is 26.6. The minimum atomic E-state index is -1.30. The van der Waals surface area contributed by atoms with Crippen molar-refractivity contribution in [2.45, 2.75) is 45.6 Å². The molecule has 2 heterocycles. The Morgan fingerprint density at radius 2 is 2.10 bits per heavy atom. The highest BCUT2D eigenvalue weighted by atomic mass is 19.1. The van der Waals surface area contributed by atoms with E-state index >= 15 is 4.39 Å². The van der Waals surface area contributed by atoms with Crippen molar-refractivity contribution in [2.75, 3.05) is 37.7 Å². The number of pyridine rings is 1. The van der Waals surface area contributed by atoms with Crippen molar-refractivity contribution < 1.29 is 19.0 Å². The number of ether oxygens (including phenoxy) is 1. The standard InChI is InChI=1S/C23H30FN3O4/c1-3-25-11-14-6-5-9-26(12-14)20-18(24)10-16-19(22(20)31-4-2)27(15-7-8-15)13-17(21(16)28)23(29)30/h10,13-15,25H,3-9,11-12H2,1-2H3,(H,29,30). The first-order valence-electron chi connectivity index (χ1n) is 11.2. The Bertz CT molecular complexity index is 1050. The molecule has 1 atom stereocenters. The molecule has 1 saturated heterocycles. The molecule has 31 heavy (non-hydrogen) atoms. The van der Waals surface area contributed by atoms with Gasteiger partial charge in [-0.2, -0.15) is 0 Å². The van der Waals surface area contributed by atoms with E-state index in [1.807, 2.05) is 16.4 Å². The van der Waals surface area contributed by atoms with Crippen molar-refractivity contribution in [3.05, 3.63) is 33.9 Å². The maximum Gasteiger partial charge on any atom is 0.341 e. The van der Waals surface area contributed by atoms with Crippen molar-refractivity contribution >= 4 is 22.6 Å². The molecule has 1 aromatic heterocycles. The smallest absolute Gasteiger partial charge is 0.341 e. The fraction of sp³-hybridized carbons (Fsp3) is 0.565. The number of halogens is 1. The minimum absolute atomic E-state index is 0.0673. The number of rotatable bonds is 8. The lowest BCUT2D eigenvalue weighted by molar-refractivity contribution is 0.0694. The average molecular weight is 432 g/mol. The number of piperidine rings is 1. The van der Waals surface area contributed by atoms with Crippen LogP contribution < -0.4 is 20.4 Å². The molecule has 4 rings (SSSR count). The molecule has 1 unspecified atom stereocenters. The summed E-state index contributed by atoms with van der Waals surface area (Å²) < 4.78 is 23.3. The van der Waals surface area contributed by atoms with Crippen LogP contribution in [0.3, 0.4) is 0 Å². The molecule has 0 radical (unpaired) electrons. The van der Waals surface area contributed by atoms with E-state index in [0.29, 0.717) is 42.6 Å². The Labute approximate surface area is 180 Å². The van der Waals surface area contributed by atoms with E-state index in [4.69, 9.17) is 4.74 Å². The third-order valence-electron chi connectivity index (χ3n) is 6.18. The zero-order valence-electron chi connectivity index (χ0n) is 18.1. The predicted octanol–water partition coefficient (Wildman–Crippen LogP) is 3.40. The lowest BCUT2D eigenvalue weighted by atomic mass is 9.96. The van der Waals surface area contributed by atoms with Crippen LogP contribution in [0.1, 0.15) is 55.9 Å². The van der Waals surface area contributed by atoms with E-state index in [1.165, 1.54) is 12.3 Å². The highest BCUT2D eigenvalue weighted by molar-refractivity contribution is 5.97. The number of anilines is 1. The molecule has 2 aromatic rings. The molecule has 2 aliphatic rings. The average Bonchev–Trinajstić information content (AvgIpc) is 3.58. The van der Waals surface area contributed by atoms with Gasteiger partial charge in [-0.05, 0) is 57.7 Å². The van der Waals surface area contributed by atoms with Crippen LogP contribution in [0.25, 0.3) is 10.9 Å². The van der Waals surface area contributed by atoms with Gasteiger partial charge in [-0.15, -0.1) is 0 Å². The summed E-state index contributed by atoms with van der Waals surface area (Å²) in [5.74, 6) is -1.09. The van der Waals surface area contributed by atoms with Crippen LogP contribution in [0, 0.1) is 11.7 Å². The predicted molar refractivity (Wildman–Crippen MR) is 118 cm³/mol. The van der Waals surface area contributed by atoms with Gasteiger partial charge in [0.2, 0.25) is 5.43 Å². The van der Waals surface area contributed by atoms with Crippen LogP contribution in [0.5, 0.6) is 5.75 Å². The third-order valence-corrected chi connectivity index (χ3v) is 6.18. The van der Waals surface area contributed by atoms with E-state index in [9.17, 15) is 14.7 Å². The van der Waals surface area contributed by atoms with Crippen LogP contribution in [0.15, 0.2) is 17.1 Å². The van der Waals surface area contributed by atoms with Gasteiger partial charge in [-0.3, -0.25) is 4.79 Å². The van der Waals surface area contributed by atoms with E-state index < -0.39 is 17.2 Å². The molecule has 1 saturated carbocycles. The summed E-state index contributed by atoms with van der Waals surface area (Å²) in [6.07, 6.45) is 5.22. The second-order valence-corrected chi connectivity index (χ2v) is 8.44. The second kappa shape index (κ2) is 8.86. The number of nitrogens with one attached hydrogen (secondary N) is 1. The number of benzene rings is 1. The Kier molecular flexibility index (Phi) is 6.18. The van der Waals surface area contributed by atoms with Crippen molar-refractivity contribution in [2.24, 2.45) is 5.92 Å². The quantitative estimate of drug-likeness (QED) is 0.667. The van der Waals surface area contributed by atoms with Crippen LogP contribution >= 0.6 is 0 Å². The van der Waals surface area contributed by atoms with E-state index in [2.05, 4.69) is 12.2 Å². The molecule has 1 aliphatic heterocycles. The largest absolute Gasteiger partial charge is 0.489 e. The molecule has 0 spiro atoms. The molecule has 1 aliphatic carbocycles. The van der Waals surface area contributed by atoms with Gasteiger partial charge in [0, 0.05) is 25.3 Å². The zero-order chi connectivity index (χ0) is 22.1. The van der Waals surface area contributed by atoms with Gasteiger partial charge in [0.1, 0.15) is 11.3 Å². The van der Waals surface area contributed by atoms with Gasteiger partial charge in [0.05, 0.1) is 17.5 Å². The number of hydrogen-bond donors (Lipinski definition) is 2. The summed E-state index contributed by atoms with van der Waals surface area (Å²) in [6.45, 7) is 7.41. The lowest BCUT2D eigenvalue weighted by Crippen LogP contribution is -2.40. The number of nitrogens with zero attached hydrogens (tertiary/aromatic N) is 2. The zero-order valence-corrected chi connectivity index (χ0v) is 18.1. The number of aromatic nitrogens is 1. The normalized spacial score (nSPS) is 19.1. The Balaban J connectivity index is 1.90. The fourth-order valence-electron chi connectivity index (χ4n) is 4.60. The molecule has 1 aromatic carbocycles. The van der Waals surface area contributed by atoms with Gasteiger partial charge < -0.3 is 24.6 Å². The minimum Gasteiger partial charge on any atom is -0.489 e. The first-order chi connectivity index (χ1) is 15.0. The molecule has 0 bridgehead atoms. The number of carboxylic acids is 1. The molecule has 2 fully saturated rings. The van der Waals surface area contributed by atoms with Crippen LogP contribution in [0.2, 0.25) is 0 Å². The fourth-order valence-corrected chi connectivity index (χ4v) is 4.60. The SMILES string of the molecule is CCNCC1CCCN(c2c(F)cc3c(=O)c(C(=O)O)cn(C4CC4)c3c2OCC)C1. The number of hydrogen-bond acceptors (Lipinski definition) is 5. The van der Waals surface area contributed by atoms with Gasteiger partial charge in [0.15, 0.2) is 11.6 Å². The Morgan fingerprint density at radius 3 is 2.74 bits per heavy atom. The van der Waals surface area contributed by atoms with Gasteiger partial charge in [-0.25, -0.2) is 9.18 Å². The monoisotopic (exact) mass is 431 g/mol. The molecule has 0 amide bonds. The first-order valence-corrected chi connectivity index (χ1v) is 11.2. The molecule has 7 nitrogen and oxygen atoms in total. The van der Waals surface area contributed by atoms with Crippen LogP contribution in [-0.2, 0) is 0 Å². The molecular weight excluding hydrogens is 401 g/mol. The van der Waals surface area contributed by atoms with E-state index in [-0.39, 0.29) is 17.0 Å². The number of aromatic carboxylic acids is 1.